The molecule has 0 radical (unpaired) electrons. The van der Waals surface area contributed by atoms with Gasteiger partial charge in [0.1, 0.15) is 0 Å². The summed E-state index contributed by atoms with van der Waals surface area (Å²) in [5.74, 6) is 0. The molecule has 2 aromatic rings. The van der Waals surface area contributed by atoms with Crippen LogP contribution in [0.4, 0.5) is 5.69 Å². The van der Waals surface area contributed by atoms with E-state index in [1.54, 1.807) is 12.1 Å². The van der Waals surface area contributed by atoms with Crippen LogP contribution >= 0.6 is 0 Å². The first-order chi connectivity index (χ1) is 7.77. The van der Waals surface area contributed by atoms with E-state index in [-0.39, 0.29) is 10.6 Å². The molecule has 0 aliphatic rings. The monoisotopic (exact) mass is 229 g/mol. The zero-order valence-electron chi connectivity index (χ0n) is 8.67. The predicted octanol–water partition coefficient (Wildman–Crippen LogP) is 2.67. The largest absolute Gasteiger partial charge is 0.272 e. The zero-order valence-corrected chi connectivity index (χ0v) is 9.67. The molecule has 1 aromatic carbocycles. The van der Waals surface area contributed by atoms with E-state index in [0.717, 1.165) is 11.6 Å². The summed E-state index contributed by atoms with van der Waals surface area (Å²) in [6.45, 7) is 0. The third-order valence-corrected chi connectivity index (χ3v) is 4.46. The Labute approximate surface area is 95.0 Å². The molecule has 0 bridgehead atoms. The number of nitro groups is 1. The maximum atomic E-state index is 10.8. The molecule has 4 heteroatoms. The molecule has 0 fully saturated rings. The van der Waals surface area contributed by atoms with Crippen molar-refractivity contribution in [2.45, 2.75) is 6.04 Å². The van der Waals surface area contributed by atoms with Crippen molar-refractivity contribution in [3.8, 4) is 0 Å². The summed E-state index contributed by atoms with van der Waals surface area (Å²) in [6.07, 6.45) is 0. The lowest BCUT2D eigenvalue weighted by Gasteiger charge is -2.01. The topological polar surface area (TPSA) is 43.1 Å². The molecule has 16 heavy (non-hydrogen) atoms. The third-order valence-electron chi connectivity index (χ3n) is 2.43. The van der Waals surface area contributed by atoms with Crippen LogP contribution in [0.1, 0.15) is 5.56 Å². The van der Waals surface area contributed by atoms with Crippen LogP contribution in [0.2, 0.25) is 0 Å². The van der Waals surface area contributed by atoms with Gasteiger partial charge in [0.25, 0.3) is 5.69 Å². The molecule has 2 rings (SSSR count). The highest BCUT2D eigenvalue weighted by molar-refractivity contribution is 6.49. The van der Waals surface area contributed by atoms with Gasteiger partial charge in [-0.2, -0.15) is 0 Å². The van der Waals surface area contributed by atoms with Gasteiger partial charge < -0.3 is 0 Å². The van der Waals surface area contributed by atoms with Crippen LogP contribution in [0, 0.1) is 10.1 Å². The van der Waals surface area contributed by atoms with Gasteiger partial charge in [0.2, 0.25) is 0 Å². The highest BCUT2D eigenvalue weighted by atomic mass is 28.2. The van der Waals surface area contributed by atoms with Crippen molar-refractivity contribution in [3.05, 3.63) is 69.5 Å². The summed E-state index contributed by atoms with van der Waals surface area (Å²) in [4.78, 5) is 10.5. The molecule has 3 nitrogen and oxygen atoms in total. The van der Waals surface area contributed by atoms with E-state index in [4.69, 9.17) is 0 Å². The van der Waals surface area contributed by atoms with Gasteiger partial charge in [-0.05, 0) is 6.04 Å². The lowest BCUT2D eigenvalue weighted by molar-refractivity contribution is -0.385. The van der Waals surface area contributed by atoms with E-state index in [9.17, 15) is 10.1 Å². The molecule has 0 N–H and O–H groups in total. The number of hydrogen-bond acceptors (Lipinski definition) is 2. The summed E-state index contributed by atoms with van der Waals surface area (Å²) < 4.78 is 0. The van der Waals surface area contributed by atoms with Gasteiger partial charge in [0.15, 0.2) is 0 Å². The van der Waals surface area contributed by atoms with Gasteiger partial charge in [0, 0.05) is 20.0 Å². The van der Waals surface area contributed by atoms with Crippen LogP contribution in [0.25, 0.3) is 0 Å². The number of hydrogen-bond donors (Lipinski definition) is 0. The van der Waals surface area contributed by atoms with Crippen LogP contribution in [0.15, 0.2) is 53.8 Å². The molecule has 1 aromatic heterocycles. The molecule has 0 saturated carbocycles. The van der Waals surface area contributed by atoms with E-state index in [2.05, 4.69) is 11.4 Å². The van der Waals surface area contributed by atoms with Crippen molar-refractivity contribution in [2.75, 3.05) is 0 Å². The molecule has 80 valence electrons. The van der Waals surface area contributed by atoms with Gasteiger partial charge in [-0.25, -0.2) is 0 Å². The van der Waals surface area contributed by atoms with E-state index in [1.165, 1.54) is 0 Å². The quantitative estimate of drug-likeness (QED) is 0.461. The van der Waals surface area contributed by atoms with Crippen LogP contribution in [-0.4, -0.2) is 13.3 Å². The molecule has 0 unspecified atom stereocenters. The Morgan fingerprint density at radius 2 is 1.75 bits per heavy atom. The molecule has 0 amide bonds. The van der Waals surface area contributed by atoms with Gasteiger partial charge in [-0.1, -0.05) is 47.8 Å². The summed E-state index contributed by atoms with van der Waals surface area (Å²) in [6, 6.07) is 13.8. The second-order valence-corrected chi connectivity index (χ2v) is 5.72. The smallest absolute Gasteiger partial charge is 0.258 e. The van der Waals surface area contributed by atoms with Gasteiger partial charge in [0.05, 0.1) is 4.92 Å². The third kappa shape index (κ3) is 2.40. The maximum absolute atomic E-state index is 10.8. The Kier molecular flexibility index (Phi) is 3.21. The molecule has 0 aliphatic heterocycles. The van der Waals surface area contributed by atoms with Gasteiger partial charge in [-0.3, -0.25) is 10.1 Å². The standard InChI is InChI=1S/C12H11NO2Si/c14-13(15)12-7-3-2-6-11(12)10-16-8-4-1-5-9-16/h1-9H,10H2. The lowest BCUT2D eigenvalue weighted by Crippen LogP contribution is -2.03. The van der Waals surface area contributed by atoms with Crippen LogP contribution < -0.4 is 0 Å². The average Bonchev–Trinajstić information content (AvgIpc) is 2.31. The van der Waals surface area contributed by atoms with Crippen molar-refractivity contribution >= 4 is 14.1 Å². The minimum atomic E-state index is -0.752. The van der Waals surface area contributed by atoms with Crippen LogP contribution in [-0.2, 0) is 6.04 Å². The van der Waals surface area contributed by atoms with E-state index < -0.39 is 8.40 Å². The molecule has 0 atom stereocenters. The average molecular weight is 229 g/mol. The predicted molar refractivity (Wildman–Crippen MR) is 64.6 cm³/mol. The fourth-order valence-corrected chi connectivity index (χ4v) is 3.46. The Bertz CT molecular complexity index is 499. The molecule has 0 aliphatic carbocycles. The highest BCUT2D eigenvalue weighted by Crippen LogP contribution is 2.18. The normalized spacial score (nSPS) is 10.0. The minimum Gasteiger partial charge on any atom is -0.258 e. The Balaban J connectivity index is 2.31. The number of nitrogens with zero attached hydrogens (tertiary/aromatic N) is 1. The van der Waals surface area contributed by atoms with Crippen molar-refractivity contribution in [3.63, 3.8) is 0 Å². The number of nitro benzene ring substituents is 1. The SMILES string of the molecule is O=[N+]([O-])c1ccccc1C[si]1ccccc1. The molecular weight excluding hydrogens is 218 g/mol. The van der Waals surface area contributed by atoms with Crippen molar-refractivity contribution in [1.29, 1.82) is 0 Å². The Morgan fingerprint density at radius 3 is 2.44 bits per heavy atom. The molecule has 0 saturated heterocycles. The first kappa shape index (κ1) is 10.7. The zero-order chi connectivity index (χ0) is 11.4. The van der Waals surface area contributed by atoms with Crippen molar-refractivity contribution in [2.24, 2.45) is 0 Å². The number of para-hydroxylation sites is 1. The number of benzene rings is 1. The van der Waals surface area contributed by atoms with Gasteiger partial charge in [-0.15, -0.1) is 0 Å². The van der Waals surface area contributed by atoms with E-state index >= 15 is 0 Å². The van der Waals surface area contributed by atoms with Gasteiger partial charge >= 0.3 is 0 Å². The Morgan fingerprint density at radius 1 is 1.06 bits per heavy atom. The van der Waals surface area contributed by atoms with E-state index in [0.29, 0.717) is 0 Å². The summed E-state index contributed by atoms with van der Waals surface area (Å²) in [5, 5.41) is 10.8. The van der Waals surface area contributed by atoms with E-state index in [1.807, 2.05) is 30.3 Å². The van der Waals surface area contributed by atoms with Crippen molar-refractivity contribution < 1.29 is 4.92 Å². The molecule has 0 spiro atoms. The second kappa shape index (κ2) is 4.81. The Hall–Kier alpha value is -1.81. The second-order valence-electron chi connectivity index (χ2n) is 3.55. The summed E-state index contributed by atoms with van der Waals surface area (Å²) in [7, 11) is -0.752. The maximum Gasteiger partial charge on any atom is 0.272 e. The van der Waals surface area contributed by atoms with Crippen molar-refractivity contribution in [1.82, 2.24) is 0 Å². The first-order valence-corrected chi connectivity index (χ1v) is 6.90. The highest BCUT2D eigenvalue weighted by Gasteiger charge is 2.12. The van der Waals surface area contributed by atoms with Crippen LogP contribution in [0.5, 0.6) is 0 Å². The lowest BCUT2D eigenvalue weighted by atomic mass is 10.2. The minimum absolute atomic E-state index is 0.233. The molecule has 1 heterocycles. The summed E-state index contributed by atoms with van der Waals surface area (Å²) in [5.41, 5.74) is 5.37. The number of rotatable bonds is 3. The fourth-order valence-electron chi connectivity index (χ4n) is 1.65. The first-order valence-electron chi connectivity index (χ1n) is 5.03. The fraction of sp³-hybridized carbons (Fsp3) is 0.0833. The van der Waals surface area contributed by atoms with Crippen LogP contribution in [0.3, 0.4) is 0 Å². The molecular formula is C12H11NO2Si. The summed E-state index contributed by atoms with van der Waals surface area (Å²) >= 11 is 0.